The Kier molecular flexibility index (Phi) is 5.91. The van der Waals surface area contributed by atoms with Gasteiger partial charge in [0.1, 0.15) is 5.75 Å². The highest BCUT2D eigenvalue weighted by Crippen LogP contribution is 2.34. The lowest BCUT2D eigenvalue weighted by atomic mass is 9.99. The number of ketones is 1. The fraction of sp³-hybridized carbons (Fsp3) is 0.148. The van der Waals surface area contributed by atoms with Crippen LogP contribution in [0.4, 0.5) is 8.78 Å². The largest absolute Gasteiger partial charge is 0.508 e. The lowest BCUT2D eigenvalue weighted by Gasteiger charge is -2.15. The van der Waals surface area contributed by atoms with E-state index >= 15 is 0 Å². The van der Waals surface area contributed by atoms with Gasteiger partial charge in [0.15, 0.2) is 17.4 Å². The first-order chi connectivity index (χ1) is 15.3. The Labute approximate surface area is 185 Å². The maximum atomic E-state index is 13.5. The summed E-state index contributed by atoms with van der Waals surface area (Å²) in [5, 5.41) is 10.8. The second kappa shape index (κ2) is 8.79. The number of nitrogens with zero attached hydrogens (tertiary/aromatic N) is 1. The standard InChI is InChI=1S/C27H23F2NO2/c1-17(2)27-26(25(32)13-9-18-8-11-22(28)23(29)14-18)21-15-20(31)10-12-24(21)30(27)16-19-6-4-3-5-7-19/h3-15,17,31H,16H2,1-2H3. The van der Waals surface area contributed by atoms with Gasteiger partial charge in [0.25, 0.3) is 0 Å². The Morgan fingerprint density at radius 1 is 1.00 bits per heavy atom. The van der Waals surface area contributed by atoms with Crippen molar-refractivity contribution in [1.29, 1.82) is 0 Å². The summed E-state index contributed by atoms with van der Waals surface area (Å²) in [6, 6.07) is 18.5. The number of carbonyl (C=O) groups excluding carboxylic acids is 1. The van der Waals surface area contributed by atoms with Crippen LogP contribution in [0.1, 0.15) is 46.9 Å². The predicted octanol–water partition coefficient (Wildman–Crippen LogP) is 6.69. The topological polar surface area (TPSA) is 42.2 Å². The number of carbonyl (C=O) groups is 1. The third kappa shape index (κ3) is 4.19. The number of phenols is 1. The number of phenolic OH excluding ortho intramolecular Hbond substituents is 1. The zero-order valence-corrected chi connectivity index (χ0v) is 17.8. The molecule has 1 aromatic heterocycles. The molecule has 0 bridgehead atoms. The van der Waals surface area contributed by atoms with Gasteiger partial charge in [-0.1, -0.05) is 56.3 Å². The van der Waals surface area contributed by atoms with Crippen molar-refractivity contribution in [2.75, 3.05) is 0 Å². The maximum absolute atomic E-state index is 13.5. The van der Waals surface area contributed by atoms with Crippen molar-refractivity contribution in [3.63, 3.8) is 0 Å². The number of fused-ring (bicyclic) bond motifs is 1. The van der Waals surface area contributed by atoms with E-state index < -0.39 is 11.6 Å². The quantitative estimate of drug-likeness (QED) is 0.273. The van der Waals surface area contributed by atoms with Crippen LogP contribution in [0.25, 0.3) is 17.0 Å². The molecule has 0 atom stereocenters. The van der Waals surface area contributed by atoms with E-state index in [0.717, 1.165) is 28.9 Å². The van der Waals surface area contributed by atoms with Crippen LogP contribution in [0.3, 0.4) is 0 Å². The van der Waals surface area contributed by atoms with E-state index in [2.05, 4.69) is 4.57 Å². The molecular formula is C27H23F2NO2. The van der Waals surface area contributed by atoms with Gasteiger partial charge in [-0.3, -0.25) is 4.79 Å². The van der Waals surface area contributed by atoms with E-state index in [4.69, 9.17) is 0 Å². The third-order valence-corrected chi connectivity index (χ3v) is 5.43. The maximum Gasteiger partial charge on any atom is 0.188 e. The number of rotatable bonds is 6. The molecule has 0 saturated carbocycles. The van der Waals surface area contributed by atoms with Gasteiger partial charge >= 0.3 is 0 Å². The zero-order valence-electron chi connectivity index (χ0n) is 17.8. The average molecular weight is 431 g/mol. The molecule has 1 N–H and O–H groups in total. The van der Waals surface area contributed by atoms with Gasteiger partial charge in [-0.05, 0) is 53.5 Å². The monoisotopic (exact) mass is 431 g/mol. The van der Waals surface area contributed by atoms with Gasteiger partial charge in [0.2, 0.25) is 0 Å². The SMILES string of the molecule is CC(C)c1c(C(=O)C=Cc2ccc(F)c(F)c2)c2cc(O)ccc2n1Cc1ccccc1. The van der Waals surface area contributed by atoms with Crippen LogP contribution in [-0.4, -0.2) is 15.5 Å². The molecule has 0 unspecified atom stereocenters. The van der Waals surface area contributed by atoms with Crippen LogP contribution in [0, 0.1) is 11.6 Å². The molecule has 0 aliphatic rings. The van der Waals surface area contributed by atoms with E-state index in [0.29, 0.717) is 23.1 Å². The number of allylic oxidation sites excluding steroid dienone is 1. The van der Waals surface area contributed by atoms with E-state index in [9.17, 15) is 18.7 Å². The number of hydrogen-bond donors (Lipinski definition) is 1. The van der Waals surface area contributed by atoms with Gasteiger partial charge in [-0.15, -0.1) is 0 Å². The first-order valence-electron chi connectivity index (χ1n) is 10.4. The van der Waals surface area contributed by atoms with Crippen molar-refractivity contribution in [2.45, 2.75) is 26.3 Å². The Balaban J connectivity index is 1.84. The molecular weight excluding hydrogens is 408 g/mol. The summed E-state index contributed by atoms with van der Waals surface area (Å²) in [5.41, 5.74) is 3.69. The molecule has 3 nitrogen and oxygen atoms in total. The highest BCUT2D eigenvalue weighted by atomic mass is 19.2. The zero-order chi connectivity index (χ0) is 22.8. The molecule has 0 aliphatic heterocycles. The minimum absolute atomic E-state index is 0.0314. The van der Waals surface area contributed by atoms with Crippen molar-refractivity contribution >= 4 is 22.8 Å². The van der Waals surface area contributed by atoms with Crippen molar-refractivity contribution in [3.05, 3.63) is 107 Å². The van der Waals surface area contributed by atoms with Crippen molar-refractivity contribution < 1.29 is 18.7 Å². The normalized spacial score (nSPS) is 11.7. The molecule has 162 valence electrons. The molecule has 0 saturated heterocycles. The summed E-state index contributed by atoms with van der Waals surface area (Å²) in [7, 11) is 0. The smallest absolute Gasteiger partial charge is 0.188 e. The highest BCUT2D eigenvalue weighted by Gasteiger charge is 2.23. The van der Waals surface area contributed by atoms with E-state index in [1.54, 1.807) is 12.1 Å². The van der Waals surface area contributed by atoms with E-state index in [1.807, 2.05) is 50.2 Å². The number of halogens is 2. The van der Waals surface area contributed by atoms with Gasteiger partial charge in [-0.2, -0.15) is 0 Å². The summed E-state index contributed by atoms with van der Waals surface area (Å²) < 4.78 is 28.8. The fourth-order valence-corrected chi connectivity index (χ4v) is 4.03. The number of benzene rings is 3. The number of hydrogen-bond acceptors (Lipinski definition) is 2. The molecule has 1 heterocycles. The average Bonchev–Trinajstić information content (AvgIpc) is 3.08. The minimum Gasteiger partial charge on any atom is -0.508 e. The number of aromatic nitrogens is 1. The van der Waals surface area contributed by atoms with Crippen LogP contribution in [-0.2, 0) is 6.54 Å². The molecule has 0 amide bonds. The number of aromatic hydroxyl groups is 1. The van der Waals surface area contributed by atoms with Crippen molar-refractivity contribution in [1.82, 2.24) is 4.57 Å². The summed E-state index contributed by atoms with van der Waals surface area (Å²) in [6.07, 6.45) is 2.84. The summed E-state index contributed by atoms with van der Waals surface area (Å²) in [4.78, 5) is 13.3. The molecule has 0 fully saturated rings. The molecule has 5 heteroatoms. The van der Waals surface area contributed by atoms with Crippen molar-refractivity contribution in [2.24, 2.45) is 0 Å². The molecule has 0 aliphatic carbocycles. The minimum atomic E-state index is -0.966. The van der Waals surface area contributed by atoms with Gasteiger partial charge in [0, 0.05) is 23.1 Å². The molecule has 4 rings (SSSR count). The Bertz CT molecular complexity index is 1320. The fourth-order valence-electron chi connectivity index (χ4n) is 4.03. The van der Waals surface area contributed by atoms with Crippen LogP contribution >= 0.6 is 0 Å². The van der Waals surface area contributed by atoms with Crippen LogP contribution in [0.15, 0.2) is 72.8 Å². The molecule has 0 spiro atoms. The molecule has 32 heavy (non-hydrogen) atoms. The van der Waals surface area contributed by atoms with Crippen LogP contribution < -0.4 is 0 Å². The Morgan fingerprint density at radius 2 is 1.75 bits per heavy atom. The third-order valence-electron chi connectivity index (χ3n) is 5.43. The summed E-state index contributed by atoms with van der Waals surface area (Å²) in [6.45, 7) is 4.62. The Morgan fingerprint density at radius 3 is 2.44 bits per heavy atom. The van der Waals surface area contributed by atoms with E-state index in [1.165, 1.54) is 18.2 Å². The van der Waals surface area contributed by atoms with Gasteiger partial charge in [-0.25, -0.2) is 8.78 Å². The molecule has 4 aromatic rings. The molecule has 0 radical (unpaired) electrons. The predicted molar refractivity (Wildman–Crippen MR) is 123 cm³/mol. The van der Waals surface area contributed by atoms with Crippen LogP contribution in [0.2, 0.25) is 0 Å². The Hall–Kier alpha value is -3.73. The second-order valence-corrected chi connectivity index (χ2v) is 8.06. The lowest BCUT2D eigenvalue weighted by Crippen LogP contribution is -2.09. The van der Waals surface area contributed by atoms with Gasteiger partial charge in [0.05, 0.1) is 5.56 Å². The lowest BCUT2D eigenvalue weighted by molar-refractivity contribution is 0.104. The summed E-state index contributed by atoms with van der Waals surface area (Å²) >= 11 is 0. The van der Waals surface area contributed by atoms with Crippen LogP contribution in [0.5, 0.6) is 5.75 Å². The first kappa shape index (κ1) is 21.5. The second-order valence-electron chi connectivity index (χ2n) is 8.06. The highest BCUT2D eigenvalue weighted by molar-refractivity contribution is 6.16. The van der Waals surface area contributed by atoms with Gasteiger partial charge < -0.3 is 9.67 Å². The van der Waals surface area contributed by atoms with E-state index in [-0.39, 0.29) is 17.5 Å². The van der Waals surface area contributed by atoms with Crippen molar-refractivity contribution in [3.8, 4) is 5.75 Å². The summed E-state index contributed by atoms with van der Waals surface area (Å²) in [5.74, 6) is -2.06. The first-order valence-corrected chi connectivity index (χ1v) is 10.4. The molecule has 3 aromatic carbocycles.